The van der Waals surface area contributed by atoms with Gasteiger partial charge in [-0.25, -0.2) is 0 Å². The Hall–Kier alpha value is -2.86. The number of carbonyl (C=O) groups is 3. The van der Waals surface area contributed by atoms with Crippen molar-refractivity contribution in [1.82, 2.24) is 14.7 Å². The predicted octanol–water partition coefficient (Wildman–Crippen LogP) is 3.45. The van der Waals surface area contributed by atoms with Crippen molar-refractivity contribution < 1.29 is 29.0 Å². The smallest absolute Gasteiger partial charge is 0.247 e. The Balaban J connectivity index is 1.53. The molecule has 4 saturated heterocycles. The highest BCUT2D eigenvalue weighted by Crippen LogP contribution is 2.72. The van der Waals surface area contributed by atoms with Gasteiger partial charge in [-0.3, -0.25) is 19.3 Å². The molecule has 0 saturated carbocycles. The Morgan fingerprint density at radius 1 is 1.13 bits per heavy atom. The molecule has 5 rings (SSSR count). The van der Waals surface area contributed by atoms with Crippen LogP contribution in [0.25, 0.3) is 0 Å². The van der Waals surface area contributed by atoms with Crippen molar-refractivity contribution in [2.45, 2.75) is 62.1 Å². The third-order valence-corrected chi connectivity index (χ3v) is 12.5. The molecule has 1 spiro atoms. The summed E-state index contributed by atoms with van der Waals surface area (Å²) in [7, 11) is 0. The highest BCUT2D eigenvalue weighted by atomic mass is 32.2. The van der Waals surface area contributed by atoms with Gasteiger partial charge >= 0.3 is 0 Å². The summed E-state index contributed by atoms with van der Waals surface area (Å²) in [5.74, 6) is -1.20. The molecule has 4 aliphatic rings. The van der Waals surface area contributed by atoms with Gasteiger partial charge in [-0.15, -0.1) is 24.9 Å². The normalized spacial score (nSPS) is 29.1. The van der Waals surface area contributed by atoms with Crippen LogP contribution in [-0.4, -0.2) is 125 Å². The molecule has 6 atom stereocenters. The summed E-state index contributed by atoms with van der Waals surface area (Å²) in [5.41, 5.74) is 0.703. The molecule has 1 N–H and O–H groups in total. The summed E-state index contributed by atoms with van der Waals surface area (Å²) < 4.78 is 9.82. The van der Waals surface area contributed by atoms with Crippen LogP contribution in [0.3, 0.4) is 0 Å². The number of hydrogen-bond acceptors (Lipinski definition) is 8. The number of likely N-dealkylation sites (tertiary alicyclic amines) is 1. The lowest BCUT2D eigenvalue weighted by Gasteiger charge is -2.41. The lowest BCUT2D eigenvalue weighted by atomic mass is 9.66. The fourth-order valence-corrected chi connectivity index (χ4v) is 10.5. The largest absolute Gasteiger partial charge is 0.494 e. The van der Waals surface area contributed by atoms with Crippen molar-refractivity contribution >= 4 is 35.2 Å². The summed E-state index contributed by atoms with van der Waals surface area (Å²) in [5, 5.41) is 10.7. The highest BCUT2D eigenvalue weighted by Gasteiger charge is 2.78. The minimum atomic E-state index is -0.799. The summed E-state index contributed by atoms with van der Waals surface area (Å²) in [4.78, 5) is 52.0. The van der Waals surface area contributed by atoms with Crippen molar-refractivity contribution in [3.63, 3.8) is 0 Å². The average molecular weight is 669 g/mol. The van der Waals surface area contributed by atoms with Gasteiger partial charge in [0.15, 0.2) is 0 Å². The number of benzene rings is 1. The number of carbonyl (C=O) groups excluding carboxylic acids is 3. The fourth-order valence-electron chi connectivity index (χ4n) is 8.21. The highest BCUT2D eigenvalue weighted by molar-refractivity contribution is 8.02. The molecule has 258 valence electrons. The maximum atomic E-state index is 14.9. The van der Waals surface area contributed by atoms with E-state index in [1.54, 1.807) is 33.7 Å². The first-order valence-corrected chi connectivity index (χ1v) is 17.9. The zero-order valence-electron chi connectivity index (χ0n) is 28.4. The first-order valence-electron chi connectivity index (χ1n) is 17.0. The molecule has 2 bridgehead atoms. The van der Waals surface area contributed by atoms with Gasteiger partial charge < -0.3 is 29.3 Å². The molecule has 47 heavy (non-hydrogen) atoms. The van der Waals surface area contributed by atoms with Gasteiger partial charge in [-0.1, -0.05) is 26.0 Å². The van der Waals surface area contributed by atoms with Crippen LogP contribution in [0.2, 0.25) is 0 Å². The Kier molecular flexibility index (Phi) is 11.1. The summed E-state index contributed by atoms with van der Waals surface area (Å²) in [6.45, 7) is 20.8. The number of ether oxygens (including phenoxy) is 2. The predicted molar refractivity (Wildman–Crippen MR) is 185 cm³/mol. The summed E-state index contributed by atoms with van der Waals surface area (Å²) in [6, 6.07) is 6.06. The number of nitrogens with zero attached hydrogens (tertiary/aromatic N) is 4. The third kappa shape index (κ3) is 6.48. The molecule has 4 heterocycles. The van der Waals surface area contributed by atoms with Gasteiger partial charge in [0.1, 0.15) is 11.8 Å². The van der Waals surface area contributed by atoms with Gasteiger partial charge in [0.2, 0.25) is 17.7 Å². The van der Waals surface area contributed by atoms with E-state index >= 15 is 0 Å². The van der Waals surface area contributed by atoms with Gasteiger partial charge in [0.25, 0.3) is 0 Å². The monoisotopic (exact) mass is 668 g/mol. The molecule has 1 aromatic carbocycles. The molecular formula is C36H52N4O6S. The second kappa shape index (κ2) is 14.7. The Bertz CT molecular complexity index is 1320. The number of amides is 3. The number of aliphatic hydroxyl groups is 1. The molecule has 4 fully saturated rings. The van der Waals surface area contributed by atoms with E-state index in [0.29, 0.717) is 63.7 Å². The van der Waals surface area contributed by atoms with Crippen LogP contribution >= 0.6 is 11.8 Å². The number of thioether (sulfide) groups is 1. The standard InChI is InChI=1S/C36H52N4O6S/c1-7-16-38(19-18-37-20-22-45-23-21-37)34(44)31-36-15-14-35(6,47-36)29(30(36)33(43)40(31)28(24-41)25(4)5)32(42)39(17-8-2)26-10-12-27(13-11-26)46-9-3/h7-8,10-13,25,28-31,41H,1-2,9,14-24H2,3-6H3/t28-,29-,30-,31?,35+,36?/m0/s1. The molecule has 3 amide bonds. The average Bonchev–Trinajstić information content (AvgIpc) is 3.63. The molecule has 0 radical (unpaired) electrons. The molecule has 10 nitrogen and oxygen atoms in total. The van der Waals surface area contributed by atoms with Gasteiger partial charge in [0.05, 0.1) is 49.1 Å². The minimum Gasteiger partial charge on any atom is -0.494 e. The molecule has 4 aliphatic heterocycles. The second-order valence-electron chi connectivity index (χ2n) is 13.7. The van der Waals surface area contributed by atoms with E-state index in [1.807, 2.05) is 49.9 Å². The van der Waals surface area contributed by atoms with Crippen molar-refractivity contribution in [1.29, 1.82) is 0 Å². The van der Waals surface area contributed by atoms with Crippen LogP contribution in [0.4, 0.5) is 5.69 Å². The first kappa shape index (κ1) is 35.4. The number of fused-ring (bicyclic) bond motifs is 1. The van der Waals surface area contributed by atoms with Crippen molar-refractivity contribution in [2.24, 2.45) is 17.8 Å². The van der Waals surface area contributed by atoms with Gasteiger partial charge in [-0.2, -0.15) is 0 Å². The number of aliphatic hydroxyl groups excluding tert-OH is 1. The van der Waals surface area contributed by atoms with E-state index < -0.39 is 33.4 Å². The fraction of sp³-hybridized carbons (Fsp3) is 0.639. The number of morpholine rings is 1. The minimum absolute atomic E-state index is 0.0938. The van der Waals surface area contributed by atoms with E-state index in [1.165, 1.54) is 0 Å². The molecule has 0 aliphatic carbocycles. The molecule has 0 aromatic heterocycles. The zero-order chi connectivity index (χ0) is 33.9. The lowest BCUT2D eigenvalue weighted by Crippen LogP contribution is -2.59. The summed E-state index contributed by atoms with van der Waals surface area (Å²) >= 11 is 1.66. The van der Waals surface area contributed by atoms with Crippen molar-refractivity contribution in [2.75, 3.05) is 70.6 Å². The number of rotatable bonds is 15. The van der Waals surface area contributed by atoms with Crippen molar-refractivity contribution in [3.8, 4) is 5.75 Å². The summed E-state index contributed by atoms with van der Waals surface area (Å²) in [6.07, 6.45) is 4.79. The zero-order valence-corrected chi connectivity index (χ0v) is 29.3. The Morgan fingerprint density at radius 3 is 2.40 bits per heavy atom. The number of anilines is 1. The Labute approximate surface area is 284 Å². The number of hydrogen-bond donors (Lipinski definition) is 1. The van der Waals surface area contributed by atoms with Gasteiger partial charge in [0, 0.05) is 49.7 Å². The molecular weight excluding hydrogens is 616 g/mol. The van der Waals surface area contributed by atoms with E-state index in [0.717, 1.165) is 13.1 Å². The Morgan fingerprint density at radius 2 is 1.81 bits per heavy atom. The molecule has 2 unspecified atom stereocenters. The van der Waals surface area contributed by atoms with E-state index in [-0.39, 0.29) is 36.8 Å². The van der Waals surface area contributed by atoms with Gasteiger partial charge in [-0.05, 0) is 56.9 Å². The first-order chi connectivity index (χ1) is 22.6. The van der Waals surface area contributed by atoms with Crippen LogP contribution in [0, 0.1) is 17.8 Å². The van der Waals surface area contributed by atoms with E-state index in [2.05, 4.69) is 25.0 Å². The topological polar surface area (TPSA) is 103 Å². The quantitative estimate of drug-likeness (QED) is 0.284. The molecule has 11 heteroatoms. The van der Waals surface area contributed by atoms with Crippen LogP contribution in [0.15, 0.2) is 49.6 Å². The third-order valence-electron chi connectivity index (χ3n) is 10.5. The second-order valence-corrected chi connectivity index (χ2v) is 15.6. The van der Waals surface area contributed by atoms with E-state index in [4.69, 9.17) is 9.47 Å². The van der Waals surface area contributed by atoms with Crippen LogP contribution in [-0.2, 0) is 19.1 Å². The van der Waals surface area contributed by atoms with Crippen LogP contribution in [0.5, 0.6) is 5.75 Å². The SMILES string of the molecule is C=CCN(CCN1CCOCC1)C(=O)C1N([C@@H](CO)C(C)C)C(=O)[C@@H]2[C@@H](C(=O)N(CC=C)c3ccc(OCC)cc3)[C@@]3(C)CCC12S3. The van der Waals surface area contributed by atoms with Crippen LogP contribution < -0.4 is 9.64 Å². The lowest BCUT2D eigenvalue weighted by molar-refractivity contribution is -0.147. The maximum Gasteiger partial charge on any atom is 0.247 e. The van der Waals surface area contributed by atoms with Crippen molar-refractivity contribution in [3.05, 3.63) is 49.6 Å². The van der Waals surface area contributed by atoms with E-state index in [9.17, 15) is 19.5 Å². The van der Waals surface area contributed by atoms with Crippen LogP contribution in [0.1, 0.15) is 40.5 Å². The molecule has 1 aromatic rings. The maximum absolute atomic E-state index is 14.9.